The number of sulfonamides is 1. The van der Waals surface area contributed by atoms with E-state index >= 15 is 0 Å². The van der Waals surface area contributed by atoms with Crippen LogP contribution in [0.5, 0.6) is 0 Å². The molecule has 1 aromatic carbocycles. The maximum absolute atomic E-state index is 12.2. The Labute approximate surface area is 117 Å². The summed E-state index contributed by atoms with van der Waals surface area (Å²) in [7, 11) is -3.74. The third kappa shape index (κ3) is 2.46. The zero-order chi connectivity index (χ0) is 14.9. The van der Waals surface area contributed by atoms with Gasteiger partial charge < -0.3 is 5.73 Å². The molecule has 3 N–H and O–H groups in total. The van der Waals surface area contributed by atoms with Gasteiger partial charge in [-0.3, -0.25) is 0 Å². The Bertz CT molecular complexity index is 783. The normalized spacial score (nSPS) is 11.1. The quantitative estimate of drug-likeness (QED) is 0.894. The van der Waals surface area contributed by atoms with Gasteiger partial charge >= 0.3 is 0 Å². The summed E-state index contributed by atoms with van der Waals surface area (Å²) in [5.74, 6) is 0.0701. The van der Waals surface area contributed by atoms with Gasteiger partial charge in [0.15, 0.2) is 0 Å². The van der Waals surface area contributed by atoms with Crippen molar-refractivity contribution in [1.29, 1.82) is 5.26 Å². The zero-order valence-corrected chi connectivity index (χ0v) is 11.9. The molecule has 0 fully saturated rings. The molecule has 2 rings (SSSR count). The highest BCUT2D eigenvalue weighted by Gasteiger charge is 2.17. The number of aryl methyl sites for hydroxylation is 2. The maximum Gasteiger partial charge on any atom is 0.275 e. The molecule has 20 heavy (non-hydrogen) atoms. The number of hydrogen-bond acceptors (Lipinski definition) is 4. The molecule has 0 spiro atoms. The van der Waals surface area contributed by atoms with Crippen LogP contribution < -0.4 is 10.6 Å². The second-order valence-corrected chi connectivity index (χ2v) is 6.12. The van der Waals surface area contributed by atoms with E-state index in [1.54, 1.807) is 19.1 Å². The van der Waals surface area contributed by atoms with Crippen LogP contribution in [0.3, 0.4) is 0 Å². The van der Waals surface area contributed by atoms with E-state index in [1.807, 2.05) is 13.0 Å². The van der Waals surface area contributed by atoms with Crippen molar-refractivity contribution < 1.29 is 8.42 Å². The van der Waals surface area contributed by atoms with Gasteiger partial charge in [0.05, 0.1) is 10.5 Å². The molecule has 0 unspecified atom stereocenters. The second kappa shape index (κ2) is 4.90. The summed E-state index contributed by atoms with van der Waals surface area (Å²) in [5, 5.41) is 8.94. The van der Waals surface area contributed by atoms with Gasteiger partial charge in [-0.1, -0.05) is 17.7 Å². The Morgan fingerprint density at radius 1 is 1.25 bits per heavy atom. The lowest BCUT2D eigenvalue weighted by Crippen LogP contribution is -2.24. The minimum absolute atomic E-state index is 0.0701. The predicted octanol–water partition coefficient (Wildman–Crippen LogP) is 1.49. The molecule has 0 aliphatic carbocycles. The fourth-order valence-electron chi connectivity index (χ4n) is 1.77. The van der Waals surface area contributed by atoms with Gasteiger partial charge in [-0.2, -0.15) is 13.7 Å². The van der Waals surface area contributed by atoms with Crippen LogP contribution in [0.4, 0.5) is 5.82 Å². The van der Waals surface area contributed by atoms with Crippen molar-refractivity contribution in [3.8, 4) is 6.07 Å². The van der Waals surface area contributed by atoms with Crippen LogP contribution in [0.1, 0.15) is 16.7 Å². The molecule has 7 heteroatoms. The van der Waals surface area contributed by atoms with Crippen molar-refractivity contribution in [2.45, 2.75) is 18.7 Å². The van der Waals surface area contributed by atoms with Gasteiger partial charge in [-0.25, -0.2) is 9.51 Å². The molecule has 104 valence electrons. The molecule has 0 atom stereocenters. The first kappa shape index (κ1) is 14.0. The molecule has 0 bridgehead atoms. The highest BCUT2D eigenvalue weighted by molar-refractivity contribution is 7.92. The monoisotopic (exact) mass is 290 g/mol. The van der Waals surface area contributed by atoms with E-state index in [4.69, 9.17) is 11.0 Å². The molecule has 0 aliphatic rings. The number of anilines is 1. The van der Waals surface area contributed by atoms with Crippen LogP contribution >= 0.6 is 0 Å². The number of benzene rings is 1. The lowest BCUT2D eigenvalue weighted by atomic mass is 10.2. The number of rotatable bonds is 3. The molecule has 0 aliphatic heterocycles. The molecular weight excluding hydrogens is 276 g/mol. The largest absolute Gasteiger partial charge is 0.383 e. The summed E-state index contributed by atoms with van der Waals surface area (Å²) >= 11 is 0. The third-order valence-electron chi connectivity index (χ3n) is 2.89. The second-order valence-electron chi connectivity index (χ2n) is 4.46. The molecule has 0 saturated heterocycles. The van der Waals surface area contributed by atoms with E-state index in [2.05, 4.69) is 4.83 Å². The highest BCUT2D eigenvalue weighted by Crippen LogP contribution is 2.18. The van der Waals surface area contributed by atoms with E-state index in [1.165, 1.54) is 18.3 Å². The van der Waals surface area contributed by atoms with Crippen molar-refractivity contribution in [3.63, 3.8) is 0 Å². The first-order valence-electron chi connectivity index (χ1n) is 5.82. The molecule has 0 saturated carbocycles. The van der Waals surface area contributed by atoms with Crippen LogP contribution in [0.25, 0.3) is 0 Å². The third-order valence-corrected chi connectivity index (χ3v) is 4.22. The summed E-state index contributed by atoms with van der Waals surface area (Å²) < 4.78 is 25.5. The first-order chi connectivity index (χ1) is 9.35. The minimum atomic E-state index is -3.74. The first-order valence-corrected chi connectivity index (χ1v) is 7.30. The van der Waals surface area contributed by atoms with Gasteiger partial charge in [0, 0.05) is 6.20 Å². The number of hydrogen-bond donors (Lipinski definition) is 2. The lowest BCUT2D eigenvalue weighted by Gasteiger charge is -2.10. The molecule has 0 amide bonds. The number of nitrogens with two attached hydrogens (primary N) is 1. The zero-order valence-electron chi connectivity index (χ0n) is 11.1. The van der Waals surface area contributed by atoms with E-state index in [0.29, 0.717) is 5.56 Å². The van der Waals surface area contributed by atoms with Crippen molar-refractivity contribution in [1.82, 2.24) is 4.68 Å². The van der Waals surface area contributed by atoms with Gasteiger partial charge in [0.2, 0.25) is 0 Å². The Morgan fingerprint density at radius 2 is 1.85 bits per heavy atom. The Kier molecular flexibility index (Phi) is 3.42. The van der Waals surface area contributed by atoms with E-state index in [0.717, 1.165) is 10.2 Å². The standard InChI is InChI=1S/C13H14N4O2S/c1-9-3-5-11(6-4-9)20(18,19)16-17-8-10(2)12(7-14)13(17)15/h3-6,8,16H,15H2,1-2H3. The smallest absolute Gasteiger partial charge is 0.275 e. The molecule has 2 aromatic rings. The van der Waals surface area contributed by atoms with Crippen LogP contribution in [-0.4, -0.2) is 13.1 Å². The van der Waals surface area contributed by atoms with Gasteiger partial charge in [0.1, 0.15) is 11.9 Å². The number of nitrogen functional groups attached to an aromatic ring is 1. The SMILES string of the molecule is Cc1ccc(S(=O)(=O)Nn2cc(C)c(C#N)c2N)cc1. The van der Waals surface area contributed by atoms with E-state index in [9.17, 15) is 8.42 Å². The summed E-state index contributed by atoms with van der Waals surface area (Å²) in [5.41, 5.74) is 7.57. The fraction of sp³-hybridized carbons (Fsp3) is 0.154. The van der Waals surface area contributed by atoms with Crippen molar-refractivity contribution in [2.75, 3.05) is 10.6 Å². The number of nitriles is 1. The van der Waals surface area contributed by atoms with Crippen molar-refractivity contribution >= 4 is 15.8 Å². The van der Waals surface area contributed by atoms with Crippen LogP contribution in [0.2, 0.25) is 0 Å². The Hall–Kier alpha value is -2.46. The predicted molar refractivity (Wildman–Crippen MR) is 76.0 cm³/mol. The summed E-state index contributed by atoms with van der Waals surface area (Å²) in [4.78, 5) is 2.46. The molecule has 1 heterocycles. The van der Waals surface area contributed by atoms with Crippen LogP contribution in [0.15, 0.2) is 35.4 Å². The van der Waals surface area contributed by atoms with Crippen LogP contribution in [0, 0.1) is 25.2 Å². The molecule has 1 aromatic heterocycles. The maximum atomic E-state index is 12.2. The average Bonchev–Trinajstić information content (AvgIpc) is 2.64. The number of nitrogens with one attached hydrogen (secondary N) is 1. The lowest BCUT2D eigenvalue weighted by molar-refractivity contribution is 0.595. The van der Waals surface area contributed by atoms with Gasteiger partial charge in [-0.05, 0) is 31.5 Å². The van der Waals surface area contributed by atoms with Gasteiger partial charge in [0.25, 0.3) is 10.0 Å². The number of nitrogens with zero attached hydrogens (tertiary/aromatic N) is 2. The minimum Gasteiger partial charge on any atom is -0.383 e. The fourth-order valence-corrected chi connectivity index (χ4v) is 2.78. The highest BCUT2D eigenvalue weighted by atomic mass is 32.2. The summed E-state index contributed by atoms with van der Waals surface area (Å²) in [6, 6.07) is 8.37. The molecular formula is C13H14N4O2S. The number of aromatic nitrogens is 1. The van der Waals surface area contributed by atoms with Crippen LogP contribution in [-0.2, 0) is 10.0 Å². The summed E-state index contributed by atoms with van der Waals surface area (Å²) in [6.07, 6.45) is 1.47. The average molecular weight is 290 g/mol. The topological polar surface area (TPSA) is 101 Å². The van der Waals surface area contributed by atoms with Crippen molar-refractivity contribution in [3.05, 3.63) is 47.2 Å². The van der Waals surface area contributed by atoms with E-state index < -0.39 is 10.0 Å². The molecule has 0 radical (unpaired) electrons. The Balaban J connectivity index is 2.39. The Morgan fingerprint density at radius 3 is 2.35 bits per heavy atom. The summed E-state index contributed by atoms with van der Waals surface area (Å²) in [6.45, 7) is 3.56. The van der Waals surface area contributed by atoms with Gasteiger partial charge in [-0.15, -0.1) is 0 Å². The van der Waals surface area contributed by atoms with Crippen molar-refractivity contribution in [2.24, 2.45) is 0 Å². The van der Waals surface area contributed by atoms with E-state index in [-0.39, 0.29) is 16.3 Å². The molecule has 6 nitrogen and oxygen atoms in total.